The van der Waals surface area contributed by atoms with Gasteiger partial charge in [-0.2, -0.15) is 5.26 Å². The number of aliphatic imine (C=N–C) groups is 1. The number of amides is 1. The minimum atomic E-state index is -0.232. The van der Waals surface area contributed by atoms with Gasteiger partial charge in [-0.25, -0.2) is 4.99 Å². The van der Waals surface area contributed by atoms with E-state index in [-0.39, 0.29) is 17.9 Å². The highest BCUT2D eigenvalue weighted by Gasteiger charge is 2.38. The highest BCUT2D eigenvalue weighted by Crippen LogP contribution is 2.40. The van der Waals surface area contributed by atoms with Gasteiger partial charge in [0.2, 0.25) is 11.8 Å². The van der Waals surface area contributed by atoms with E-state index in [0.29, 0.717) is 55.3 Å². The van der Waals surface area contributed by atoms with Crippen LogP contribution in [0.2, 0.25) is 5.02 Å². The Hall–Kier alpha value is -3.86. The lowest BCUT2D eigenvalue weighted by Gasteiger charge is -2.42. The summed E-state index contributed by atoms with van der Waals surface area (Å²) in [6, 6.07) is 14.7. The predicted octanol–water partition coefficient (Wildman–Crippen LogP) is 5.06. The van der Waals surface area contributed by atoms with E-state index in [1.54, 1.807) is 4.90 Å². The Morgan fingerprint density at radius 2 is 1.98 bits per heavy atom. The first-order valence-electron chi connectivity index (χ1n) is 14.3. The summed E-state index contributed by atoms with van der Waals surface area (Å²) in [5.74, 6) is 0.239. The maximum Gasteiger partial charge on any atom is 0.246 e. The van der Waals surface area contributed by atoms with Gasteiger partial charge in [0, 0.05) is 54.2 Å². The molecule has 7 nitrogen and oxygen atoms in total. The topological polar surface area (TPSA) is 72.2 Å². The molecular weight excluding hydrogens is 534 g/mol. The number of fused-ring (bicyclic) bond motifs is 2. The molecule has 4 aliphatic rings. The molecule has 0 saturated carbocycles. The number of likely N-dealkylation sites (tertiary alicyclic amines) is 1. The second-order valence-corrected chi connectivity index (χ2v) is 11.5. The Bertz CT molecular complexity index is 1540. The Kier molecular flexibility index (Phi) is 7.70. The molecule has 3 heterocycles. The van der Waals surface area contributed by atoms with Crippen molar-refractivity contribution in [2.75, 3.05) is 46.4 Å². The third-order valence-electron chi connectivity index (χ3n) is 8.72. The number of halogens is 1. The van der Waals surface area contributed by atoms with Gasteiger partial charge in [0.1, 0.15) is 18.2 Å². The van der Waals surface area contributed by atoms with Crippen molar-refractivity contribution in [3.8, 4) is 6.07 Å². The number of benzene rings is 2. The van der Waals surface area contributed by atoms with Crippen LogP contribution in [0.15, 0.2) is 83.5 Å². The maximum absolute atomic E-state index is 12.2. The van der Waals surface area contributed by atoms with Crippen LogP contribution in [0.25, 0.3) is 16.3 Å². The zero-order valence-corrected chi connectivity index (χ0v) is 24.1. The average molecular weight is 568 g/mol. The Balaban J connectivity index is 1.37. The minimum absolute atomic E-state index is 0.0641. The molecule has 41 heavy (non-hydrogen) atoms. The number of piperazine rings is 1. The van der Waals surface area contributed by atoms with Crippen LogP contribution in [-0.2, 0) is 9.53 Å². The number of nitriles is 1. The van der Waals surface area contributed by atoms with Crippen molar-refractivity contribution in [2.45, 2.75) is 24.9 Å². The van der Waals surface area contributed by atoms with Gasteiger partial charge in [-0.05, 0) is 55.1 Å². The molecule has 2 fully saturated rings. The summed E-state index contributed by atoms with van der Waals surface area (Å²) in [4.78, 5) is 23.6. The summed E-state index contributed by atoms with van der Waals surface area (Å²) in [5.41, 5.74) is 3.52. The molecular formula is C33H34ClN5O2. The first-order chi connectivity index (χ1) is 20.0. The molecule has 0 N–H and O–H groups in total. The van der Waals surface area contributed by atoms with E-state index in [1.807, 2.05) is 12.1 Å². The van der Waals surface area contributed by atoms with E-state index in [1.165, 1.54) is 6.08 Å². The van der Waals surface area contributed by atoms with Crippen LogP contribution < -0.4 is 0 Å². The third-order valence-corrected chi connectivity index (χ3v) is 9.04. The van der Waals surface area contributed by atoms with Crippen molar-refractivity contribution < 1.29 is 9.53 Å². The van der Waals surface area contributed by atoms with Crippen LogP contribution in [0.5, 0.6) is 0 Å². The fourth-order valence-electron chi connectivity index (χ4n) is 6.47. The van der Waals surface area contributed by atoms with Gasteiger partial charge >= 0.3 is 0 Å². The summed E-state index contributed by atoms with van der Waals surface area (Å²) in [6.45, 7) is 7.59. The molecule has 0 bridgehead atoms. The number of carbonyl (C=O) groups excluding carboxylic acids is 1. The quantitative estimate of drug-likeness (QED) is 0.472. The number of hydrogen-bond acceptors (Lipinski definition) is 6. The molecule has 0 radical (unpaired) electrons. The number of allylic oxidation sites excluding steroid dienone is 2. The summed E-state index contributed by atoms with van der Waals surface area (Å²) in [7, 11) is 2.12. The molecule has 2 saturated heterocycles. The van der Waals surface area contributed by atoms with Crippen molar-refractivity contribution in [1.82, 2.24) is 14.7 Å². The van der Waals surface area contributed by atoms with Crippen LogP contribution in [0.4, 0.5) is 0 Å². The van der Waals surface area contributed by atoms with E-state index < -0.39 is 0 Å². The molecule has 0 aromatic heterocycles. The van der Waals surface area contributed by atoms with Crippen molar-refractivity contribution in [3.63, 3.8) is 0 Å². The Morgan fingerprint density at radius 1 is 1.20 bits per heavy atom. The minimum Gasteiger partial charge on any atom is -0.475 e. The van der Waals surface area contributed by atoms with Gasteiger partial charge in [-0.3, -0.25) is 4.79 Å². The van der Waals surface area contributed by atoms with E-state index in [9.17, 15) is 10.1 Å². The van der Waals surface area contributed by atoms with Crippen molar-refractivity contribution in [2.24, 2.45) is 10.9 Å². The summed E-state index contributed by atoms with van der Waals surface area (Å²) in [5, 5.41) is 13.2. The molecule has 210 valence electrons. The largest absolute Gasteiger partial charge is 0.475 e. The van der Waals surface area contributed by atoms with Gasteiger partial charge in [0.25, 0.3) is 0 Å². The number of rotatable bonds is 5. The first-order valence-corrected chi connectivity index (χ1v) is 14.7. The van der Waals surface area contributed by atoms with Crippen molar-refractivity contribution in [3.05, 3.63) is 89.1 Å². The summed E-state index contributed by atoms with van der Waals surface area (Å²) < 4.78 is 6.37. The SMILES string of the molecule is C=CC(=O)N1CCN(C2=C(C#N)C(OC[C@@H]3CCCN3C)=NC3C=C(c4cccc5cccc(Cl)c45)C=CC23)CC1. The van der Waals surface area contributed by atoms with E-state index in [0.717, 1.165) is 47.0 Å². The van der Waals surface area contributed by atoms with Gasteiger partial charge in [-0.1, -0.05) is 66.7 Å². The second-order valence-electron chi connectivity index (χ2n) is 11.1. The Labute approximate surface area is 246 Å². The monoisotopic (exact) mass is 567 g/mol. The fraction of sp³-hybridized carbons (Fsp3) is 0.364. The van der Waals surface area contributed by atoms with Crippen LogP contribution in [-0.4, -0.2) is 85.0 Å². The van der Waals surface area contributed by atoms with E-state index >= 15 is 0 Å². The normalized spacial score (nSPS) is 24.6. The zero-order chi connectivity index (χ0) is 28.5. The lowest BCUT2D eigenvalue weighted by Crippen LogP contribution is -2.50. The van der Waals surface area contributed by atoms with Crippen LogP contribution in [0.1, 0.15) is 18.4 Å². The lowest BCUT2D eigenvalue weighted by atomic mass is 9.82. The van der Waals surface area contributed by atoms with Gasteiger partial charge in [0.15, 0.2) is 0 Å². The lowest BCUT2D eigenvalue weighted by molar-refractivity contribution is -0.127. The third kappa shape index (κ3) is 5.18. The highest BCUT2D eigenvalue weighted by atomic mass is 35.5. The number of hydrogen-bond donors (Lipinski definition) is 0. The standard InChI is InChI=1S/C33H34ClN5O2/c1-3-30(40)38-15-17-39(18-16-38)32-26-13-12-23(25-10-4-7-22-8-5-11-28(34)31(22)25)19-29(26)36-33(27(32)20-35)41-21-24-9-6-14-37(24)2/h3-5,7-8,10-13,19,24,26,29H,1,6,9,14-18,21H2,2H3/t24-,26?,29?/m0/s1. The molecule has 1 amide bonds. The van der Waals surface area contributed by atoms with E-state index in [2.05, 4.69) is 72.0 Å². The zero-order valence-electron chi connectivity index (χ0n) is 23.3. The fourth-order valence-corrected chi connectivity index (χ4v) is 6.76. The number of ether oxygens (including phenoxy) is 1. The number of carbonyl (C=O) groups is 1. The first kappa shape index (κ1) is 27.3. The van der Waals surface area contributed by atoms with Crippen LogP contribution in [0.3, 0.4) is 0 Å². The molecule has 2 unspecified atom stereocenters. The van der Waals surface area contributed by atoms with Crippen molar-refractivity contribution in [1.29, 1.82) is 5.26 Å². The smallest absolute Gasteiger partial charge is 0.246 e. The molecule has 2 aromatic rings. The highest BCUT2D eigenvalue weighted by molar-refractivity contribution is 6.36. The molecule has 3 atom stereocenters. The van der Waals surface area contributed by atoms with E-state index in [4.69, 9.17) is 21.3 Å². The number of likely N-dealkylation sites (N-methyl/N-ethyl adjacent to an activating group) is 1. The van der Waals surface area contributed by atoms with Crippen LogP contribution in [0, 0.1) is 17.2 Å². The maximum atomic E-state index is 12.2. The molecule has 0 spiro atoms. The van der Waals surface area contributed by atoms with Gasteiger partial charge in [-0.15, -0.1) is 0 Å². The van der Waals surface area contributed by atoms with Crippen molar-refractivity contribution >= 4 is 39.8 Å². The summed E-state index contributed by atoms with van der Waals surface area (Å²) in [6.07, 6.45) is 10.0. The second kappa shape index (κ2) is 11.6. The van der Waals surface area contributed by atoms with Crippen LogP contribution >= 0.6 is 11.6 Å². The number of nitrogens with zero attached hydrogens (tertiary/aromatic N) is 5. The molecule has 2 aromatic carbocycles. The average Bonchev–Trinajstić information content (AvgIpc) is 3.42. The molecule has 8 heteroatoms. The predicted molar refractivity (Wildman–Crippen MR) is 163 cm³/mol. The summed E-state index contributed by atoms with van der Waals surface area (Å²) >= 11 is 6.68. The Morgan fingerprint density at radius 3 is 2.68 bits per heavy atom. The molecule has 6 rings (SSSR count). The van der Waals surface area contributed by atoms with Gasteiger partial charge < -0.3 is 19.4 Å². The molecule has 3 aliphatic heterocycles. The van der Waals surface area contributed by atoms with Gasteiger partial charge in [0.05, 0.1) is 6.04 Å². The molecule has 1 aliphatic carbocycles. The number of dihydropyridines is 1.